The Bertz CT molecular complexity index is 159. The highest BCUT2D eigenvalue weighted by Gasteiger charge is 2.41. The Balaban J connectivity index is 2.18. The molecule has 0 aromatic rings. The molecule has 1 saturated heterocycles. The van der Waals surface area contributed by atoms with Gasteiger partial charge < -0.3 is 13.9 Å². The summed E-state index contributed by atoms with van der Waals surface area (Å²) in [5.41, 5.74) is 0.260. The lowest BCUT2D eigenvalue weighted by Crippen LogP contribution is -2.49. The smallest absolute Gasteiger partial charge is 0.145 e. The number of unbranched alkanes of at least 4 members (excludes halogenated alkanes) is 1. The molecule has 4 heteroatoms. The Morgan fingerprint density at radius 1 is 1.43 bits per heavy atom. The van der Waals surface area contributed by atoms with Crippen LogP contribution in [-0.2, 0) is 13.9 Å². The molecule has 0 saturated carbocycles. The van der Waals surface area contributed by atoms with Gasteiger partial charge in [0.1, 0.15) is 10.5 Å². The Morgan fingerprint density at radius 2 is 2.14 bits per heavy atom. The second kappa shape index (κ2) is 5.85. The number of methoxy groups -OCH3 is 1. The summed E-state index contributed by atoms with van der Waals surface area (Å²) in [6.45, 7) is 4.86. The third kappa shape index (κ3) is 3.05. The van der Waals surface area contributed by atoms with Crippen LogP contribution in [0.5, 0.6) is 0 Å². The fraction of sp³-hybridized carbons (Fsp3) is 1.00. The first-order valence-corrected chi connectivity index (χ1v) is 6.14. The number of hydrogen-bond donors (Lipinski definition) is 0. The molecule has 0 aromatic heterocycles. The SMILES string of the molecule is COC(CCCCO[SiH3])C1(C)COC1. The normalized spacial score (nSPS) is 21.9. The third-order valence-electron chi connectivity index (χ3n) is 2.99. The summed E-state index contributed by atoms with van der Waals surface area (Å²) in [4.78, 5) is 0. The Hall–Kier alpha value is 0.0969. The van der Waals surface area contributed by atoms with E-state index in [-0.39, 0.29) is 5.41 Å². The van der Waals surface area contributed by atoms with Crippen LogP contribution in [0.3, 0.4) is 0 Å². The van der Waals surface area contributed by atoms with Gasteiger partial charge in [0.25, 0.3) is 0 Å². The maximum atomic E-state index is 5.53. The lowest BCUT2D eigenvalue weighted by atomic mass is 9.80. The summed E-state index contributed by atoms with van der Waals surface area (Å²) in [6, 6.07) is 0. The van der Waals surface area contributed by atoms with E-state index in [0.29, 0.717) is 6.10 Å². The van der Waals surface area contributed by atoms with Crippen molar-refractivity contribution in [2.24, 2.45) is 5.41 Å². The van der Waals surface area contributed by atoms with Gasteiger partial charge in [0, 0.05) is 19.1 Å². The summed E-state index contributed by atoms with van der Waals surface area (Å²) in [5, 5.41) is 0. The third-order valence-corrected chi connectivity index (χ3v) is 3.40. The molecule has 1 unspecified atom stereocenters. The van der Waals surface area contributed by atoms with Gasteiger partial charge in [-0.3, -0.25) is 0 Å². The molecular formula is C10H22O3Si. The van der Waals surface area contributed by atoms with Crippen LogP contribution >= 0.6 is 0 Å². The second-order valence-corrected chi connectivity index (χ2v) is 4.94. The summed E-state index contributed by atoms with van der Waals surface area (Å²) in [5.74, 6) is 0. The molecule has 1 rings (SSSR count). The summed E-state index contributed by atoms with van der Waals surface area (Å²) in [6.07, 6.45) is 3.82. The van der Waals surface area contributed by atoms with Crippen LogP contribution in [-0.4, -0.2) is 43.5 Å². The van der Waals surface area contributed by atoms with Crippen LogP contribution in [0.25, 0.3) is 0 Å². The lowest BCUT2D eigenvalue weighted by Gasteiger charge is -2.43. The van der Waals surface area contributed by atoms with Gasteiger partial charge in [-0.15, -0.1) is 0 Å². The average molecular weight is 218 g/mol. The van der Waals surface area contributed by atoms with Crippen molar-refractivity contribution in [1.82, 2.24) is 0 Å². The minimum atomic E-state index is 0.260. The lowest BCUT2D eigenvalue weighted by molar-refractivity contribution is -0.171. The van der Waals surface area contributed by atoms with Crippen LogP contribution in [0.4, 0.5) is 0 Å². The van der Waals surface area contributed by atoms with Crippen LogP contribution in [0.1, 0.15) is 26.2 Å². The first-order valence-electron chi connectivity index (χ1n) is 5.32. The van der Waals surface area contributed by atoms with Crippen molar-refractivity contribution in [1.29, 1.82) is 0 Å². The summed E-state index contributed by atoms with van der Waals surface area (Å²) >= 11 is 0. The van der Waals surface area contributed by atoms with E-state index in [1.165, 1.54) is 6.42 Å². The fourth-order valence-electron chi connectivity index (χ4n) is 1.94. The molecule has 1 aliphatic rings. The molecule has 84 valence electrons. The maximum Gasteiger partial charge on any atom is 0.145 e. The van der Waals surface area contributed by atoms with Crippen molar-refractivity contribution in [2.75, 3.05) is 26.9 Å². The second-order valence-electron chi connectivity index (χ2n) is 4.36. The quantitative estimate of drug-likeness (QED) is 0.460. The molecule has 0 aliphatic carbocycles. The Kier molecular flexibility index (Phi) is 5.09. The average Bonchev–Trinajstić information content (AvgIpc) is 2.15. The largest absolute Gasteiger partial charge is 0.428 e. The predicted molar refractivity (Wildman–Crippen MR) is 59.5 cm³/mol. The van der Waals surface area contributed by atoms with Crippen LogP contribution in [0.2, 0.25) is 0 Å². The van der Waals surface area contributed by atoms with Crippen LogP contribution in [0, 0.1) is 5.41 Å². The minimum Gasteiger partial charge on any atom is -0.428 e. The first kappa shape index (κ1) is 12.2. The molecule has 0 bridgehead atoms. The zero-order valence-corrected chi connectivity index (χ0v) is 11.5. The molecule has 3 nitrogen and oxygen atoms in total. The zero-order valence-electron chi connectivity index (χ0n) is 9.54. The van der Waals surface area contributed by atoms with Crippen LogP contribution < -0.4 is 0 Å². The van der Waals surface area contributed by atoms with E-state index in [2.05, 4.69) is 6.92 Å². The van der Waals surface area contributed by atoms with Gasteiger partial charge in [-0.2, -0.15) is 0 Å². The van der Waals surface area contributed by atoms with Crippen molar-refractivity contribution in [3.8, 4) is 0 Å². The molecule has 1 fully saturated rings. The molecule has 0 N–H and O–H groups in total. The van der Waals surface area contributed by atoms with Crippen molar-refractivity contribution < 1.29 is 13.9 Å². The van der Waals surface area contributed by atoms with Gasteiger partial charge in [0.15, 0.2) is 0 Å². The number of ether oxygens (including phenoxy) is 2. The topological polar surface area (TPSA) is 27.7 Å². The van der Waals surface area contributed by atoms with E-state index in [9.17, 15) is 0 Å². The minimum absolute atomic E-state index is 0.260. The van der Waals surface area contributed by atoms with E-state index < -0.39 is 0 Å². The Labute approximate surface area is 89.7 Å². The highest BCUT2D eigenvalue weighted by molar-refractivity contribution is 5.97. The van der Waals surface area contributed by atoms with Gasteiger partial charge in [-0.25, -0.2) is 0 Å². The molecule has 0 aromatic carbocycles. The van der Waals surface area contributed by atoms with E-state index >= 15 is 0 Å². The van der Waals surface area contributed by atoms with Gasteiger partial charge in [-0.05, 0) is 19.3 Å². The Morgan fingerprint density at radius 3 is 2.57 bits per heavy atom. The van der Waals surface area contributed by atoms with Crippen molar-refractivity contribution >= 4 is 10.5 Å². The van der Waals surface area contributed by atoms with Gasteiger partial charge in [0.2, 0.25) is 0 Å². The van der Waals surface area contributed by atoms with Gasteiger partial charge in [-0.1, -0.05) is 6.92 Å². The molecule has 1 aliphatic heterocycles. The molecule has 1 heterocycles. The number of rotatable bonds is 7. The van der Waals surface area contributed by atoms with Crippen LogP contribution in [0.15, 0.2) is 0 Å². The van der Waals surface area contributed by atoms with Crippen molar-refractivity contribution in [3.05, 3.63) is 0 Å². The highest BCUT2D eigenvalue weighted by atomic mass is 28.2. The van der Waals surface area contributed by atoms with Gasteiger partial charge in [0.05, 0.1) is 19.3 Å². The molecule has 1 atom stereocenters. The molecular weight excluding hydrogens is 196 g/mol. The van der Waals surface area contributed by atoms with E-state index in [0.717, 1.165) is 43.1 Å². The van der Waals surface area contributed by atoms with Crippen molar-refractivity contribution in [3.63, 3.8) is 0 Å². The fourth-order valence-corrected chi connectivity index (χ4v) is 2.23. The standard InChI is InChI=1S/C10H22O3Si/c1-10(7-12-8-10)9(11-2)5-3-4-6-13-14/h9H,3-8H2,1-2,14H3. The first-order chi connectivity index (χ1) is 6.73. The van der Waals surface area contributed by atoms with E-state index in [1.54, 1.807) is 7.11 Å². The summed E-state index contributed by atoms with van der Waals surface area (Å²) in [7, 11) is 2.66. The maximum absolute atomic E-state index is 5.53. The molecule has 0 radical (unpaired) electrons. The summed E-state index contributed by atoms with van der Waals surface area (Å²) < 4.78 is 15.9. The number of hydrogen-bond acceptors (Lipinski definition) is 3. The molecule has 0 spiro atoms. The van der Waals surface area contributed by atoms with E-state index in [1.807, 2.05) is 0 Å². The van der Waals surface area contributed by atoms with Gasteiger partial charge >= 0.3 is 0 Å². The molecule has 14 heavy (non-hydrogen) atoms. The zero-order chi connectivity index (χ0) is 10.4. The van der Waals surface area contributed by atoms with E-state index in [4.69, 9.17) is 13.9 Å². The molecule has 0 amide bonds. The monoisotopic (exact) mass is 218 g/mol. The van der Waals surface area contributed by atoms with Crippen molar-refractivity contribution in [2.45, 2.75) is 32.3 Å². The highest BCUT2D eigenvalue weighted by Crippen LogP contribution is 2.34. The predicted octanol–water partition coefficient (Wildman–Crippen LogP) is 0.505.